The zero-order chi connectivity index (χ0) is 23.4. The number of carbonyl (C=O) groups excluding carboxylic acids is 3. The maximum atomic E-state index is 12.5. The summed E-state index contributed by atoms with van der Waals surface area (Å²) in [6.45, 7) is 11.5. The number of rotatable bonds is 8. The minimum absolute atomic E-state index is 0.000857. The molecule has 176 valence electrons. The van der Waals surface area contributed by atoms with Crippen molar-refractivity contribution < 1.29 is 33.3 Å². The number of methoxy groups -OCH3 is 3. The van der Waals surface area contributed by atoms with Gasteiger partial charge < -0.3 is 18.9 Å². The first-order valence-corrected chi connectivity index (χ1v) is 11.0. The summed E-state index contributed by atoms with van der Waals surface area (Å²) in [5.74, 6) is -2.63. The van der Waals surface area contributed by atoms with Crippen LogP contribution in [0.5, 0.6) is 0 Å². The SMILES string of the molecule is C=C1CC[C@H]2C(C)(C)CCC[C@]2(C)[C@H]1CO[C@@H](C(=O)OC)[C@H](CC(=O)OC)C(=O)OC. The topological polar surface area (TPSA) is 88.1 Å². The second kappa shape index (κ2) is 10.2. The third-order valence-corrected chi connectivity index (χ3v) is 7.68. The molecule has 2 fully saturated rings. The number of hydrogen-bond donors (Lipinski definition) is 0. The summed E-state index contributed by atoms with van der Waals surface area (Å²) in [5, 5.41) is 0. The first-order valence-electron chi connectivity index (χ1n) is 11.0. The van der Waals surface area contributed by atoms with Crippen LogP contribution in [0.3, 0.4) is 0 Å². The summed E-state index contributed by atoms with van der Waals surface area (Å²) in [6.07, 6.45) is 3.83. The quantitative estimate of drug-likeness (QED) is 0.324. The van der Waals surface area contributed by atoms with Crippen LogP contribution in [0.4, 0.5) is 0 Å². The summed E-state index contributed by atoms with van der Waals surface area (Å²) in [6, 6.07) is 0. The van der Waals surface area contributed by atoms with Crippen molar-refractivity contribution in [1.29, 1.82) is 0 Å². The summed E-state index contributed by atoms with van der Waals surface area (Å²) in [5.41, 5.74) is 1.34. The molecule has 31 heavy (non-hydrogen) atoms. The van der Waals surface area contributed by atoms with E-state index in [0.717, 1.165) is 31.3 Å². The molecule has 0 spiro atoms. The summed E-state index contributed by atoms with van der Waals surface area (Å²) < 4.78 is 20.5. The van der Waals surface area contributed by atoms with Gasteiger partial charge in [-0.15, -0.1) is 0 Å². The van der Waals surface area contributed by atoms with Crippen molar-refractivity contribution in [2.24, 2.45) is 28.6 Å². The third kappa shape index (κ3) is 5.30. The van der Waals surface area contributed by atoms with Crippen LogP contribution in [-0.2, 0) is 33.3 Å². The van der Waals surface area contributed by atoms with Crippen LogP contribution in [0.1, 0.15) is 59.3 Å². The highest BCUT2D eigenvalue weighted by Gasteiger charge is 2.53. The minimum atomic E-state index is -1.26. The average molecular weight is 439 g/mol. The highest BCUT2D eigenvalue weighted by atomic mass is 16.6. The Hall–Kier alpha value is -1.89. The first-order chi connectivity index (χ1) is 14.5. The molecule has 5 atom stereocenters. The summed E-state index contributed by atoms with van der Waals surface area (Å²) in [7, 11) is 3.66. The van der Waals surface area contributed by atoms with Gasteiger partial charge in [-0.2, -0.15) is 0 Å². The van der Waals surface area contributed by atoms with Gasteiger partial charge in [0.2, 0.25) is 0 Å². The van der Waals surface area contributed by atoms with Crippen molar-refractivity contribution in [2.45, 2.75) is 65.4 Å². The average Bonchev–Trinajstić information content (AvgIpc) is 2.72. The first kappa shape index (κ1) is 25.4. The van der Waals surface area contributed by atoms with Crippen LogP contribution in [-0.4, -0.2) is 51.9 Å². The number of hydrogen-bond acceptors (Lipinski definition) is 7. The van der Waals surface area contributed by atoms with E-state index >= 15 is 0 Å². The van der Waals surface area contributed by atoms with Gasteiger partial charge in [-0.25, -0.2) is 4.79 Å². The molecule has 2 saturated carbocycles. The molecule has 0 aromatic heterocycles. The Kier molecular flexibility index (Phi) is 8.31. The zero-order valence-corrected chi connectivity index (χ0v) is 19.8. The number of esters is 3. The molecular weight excluding hydrogens is 400 g/mol. The van der Waals surface area contributed by atoms with Gasteiger partial charge in [-0.05, 0) is 42.4 Å². The molecule has 0 amide bonds. The zero-order valence-electron chi connectivity index (χ0n) is 19.8. The van der Waals surface area contributed by atoms with E-state index in [4.69, 9.17) is 18.9 Å². The normalized spacial score (nSPS) is 29.3. The van der Waals surface area contributed by atoms with Gasteiger partial charge in [0.15, 0.2) is 6.10 Å². The van der Waals surface area contributed by atoms with Gasteiger partial charge in [0.05, 0.1) is 34.4 Å². The lowest BCUT2D eigenvalue weighted by atomic mass is 9.48. The Morgan fingerprint density at radius 3 is 2.26 bits per heavy atom. The maximum absolute atomic E-state index is 12.5. The fourth-order valence-electron chi connectivity index (χ4n) is 5.97. The van der Waals surface area contributed by atoms with Crippen LogP contribution in [0.2, 0.25) is 0 Å². The Balaban J connectivity index is 2.28. The van der Waals surface area contributed by atoms with E-state index in [1.165, 1.54) is 27.8 Å². The predicted molar refractivity (Wildman–Crippen MR) is 115 cm³/mol. The van der Waals surface area contributed by atoms with Gasteiger partial charge in [0.25, 0.3) is 0 Å². The summed E-state index contributed by atoms with van der Waals surface area (Å²) >= 11 is 0. The van der Waals surface area contributed by atoms with Crippen molar-refractivity contribution in [3.8, 4) is 0 Å². The molecule has 2 aliphatic rings. The second-order valence-corrected chi connectivity index (χ2v) is 9.84. The lowest BCUT2D eigenvalue weighted by Gasteiger charge is -2.58. The lowest BCUT2D eigenvalue weighted by molar-refractivity contribution is -0.174. The molecule has 0 bridgehead atoms. The Bertz CT molecular complexity index is 698. The fourth-order valence-corrected chi connectivity index (χ4v) is 5.97. The largest absolute Gasteiger partial charge is 0.469 e. The van der Waals surface area contributed by atoms with Crippen LogP contribution in [0.25, 0.3) is 0 Å². The van der Waals surface area contributed by atoms with Gasteiger partial charge in [-0.1, -0.05) is 39.3 Å². The van der Waals surface area contributed by atoms with Gasteiger partial charge >= 0.3 is 17.9 Å². The molecule has 0 aromatic carbocycles. The Morgan fingerprint density at radius 2 is 1.68 bits per heavy atom. The van der Waals surface area contributed by atoms with Gasteiger partial charge in [-0.3, -0.25) is 9.59 Å². The smallest absolute Gasteiger partial charge is 0.335 e. The van der Waals surface area contributed by atoms with E-state index in [1.54, 1.807) is 0 Å². The summed E-state index contributed by atoms with van der Waals surface area (Å²) in [4.78, 5) is 36.8. The van der Waals surface area contributed by atoms with Gasteiger partial charge in [0, 0.05) is 5.92 Å². The molecule has 7 nitrogen and oxygen atoms in total. The van der Waals surface area contributed by atoms with Crippen molar-refractivity contribution in [2.75, 3.05) is 27.9 Å². The highest BCUT2D eigenvalue weighted by molar-refractivity contribution is 5.87. The predicted octanol–water partition coefficient (Wildman–Crippen LogP) is 3.70. The molecule has 0 heterocycles. The molecular formula is C24H38O7. The number of fused-ring (bicyclic) bond motifs is 1. The van der Waals surface area contributed by atoms with Crippen molar-refractivity contribution in [3.63, 3.8) is 0 Å². The van der Waals surface area contributed by atoms with Crippen molar-refractivity contribution in [3.05, 3.63) is 12.2 Å². The van der Waals surface area contributed by atoms with E-state index in [1.807, 2.05) is 0 Å². The van der Waals surface area contributed by atoms with E-state index in [-0.39, 0.29) is 29.8 Å². The van der Waals surface area contributed by atoms with Crippen molar-refractivity contribution >= 4 is 17.9 Å². The molecule has 0 N–H and O–H groups in total. The minimum Gasteiger partial charge on any atom is -0.469 e. The third-order valence-electron chi connectivity index (χ3n) is 7.68. The molecule has 2 aliphatic carbocycles. The molecule has 0 radical (unpaired) electrons. The maximum Gasteiger partial charge on any atom is 0.335 e. The number of ether oxygens (including phenoxy) is 4. The van der Waals surface area contributed by atoms with E-state index in [2.05, 4.69) is 27.4 Å². The number of carbonyl (C=O) groups is 3. The Labute approximate surface area is 185 Å². The molecule has 2 rings (SSSR count). The van der Waals surface area contributed by atoms with E-state index in [9.17, 15) is 14.4 Å². The molecule has 0 aromatic rings. The fraction of sp³-hybridized carbons (Fsp3) is 0.792. The standard InChI is InChI=1S/C24H38O7/c1-15-9-10-18-23(2,3)11-8-12-24(18,4)17(15)14-31-20(22(27)30-7)16(21(26)29-6)13-19(25)28-5/h16-18,20H,1,8-14H2,2-7H3/t16-,17-,18-,20+,24+/m0/s1. The molecule has 0 saturated heterocycles. The van der Waals surface area contributed by atoms with Crippen LogP contribution in [0.15, 0.2) is 12.2 Å². The van der Waals surface area contributed by atoms with Crippen LogP contribution >= 0.6 is 0 Å². The molecule has 0 aliphatic heterocycles. The molecule has 0 unspecified atom stereocenters. The Morgan fingerprint density at radius 1 is 1.03 bits per heavy atom. The van der Waals surface area contributed by atoms with Crippen molar-refractivity contribution in [1.82, 2.24) is 0 Å². The lowest BCUT2D eigenvalue weighted by Crippen LogP contribution is -2.51. The highest BCUT2D eigenvalue weighted by Crippen LogP contribution is 2.60. The van der Waals surface area contributed by atoms with Crippen LogP contribution < -0.4 is 0 Å². The second-order valence-electron chi connectivity index (χ2n) is 9.84. The van der Waals surface area contributed by atoms with E-state index < -0.39 is 29.9 Å². The van der Waals surface area contributed by atoms with Crippen LogP contribution in [0, 0.1) is 28.6 Å². The molecule has 7 heteroatoms. The monoisotopic (exact) mass is 438 g/mol. The van der Waals surface area contributed by atoms with Gasteiger partial charge in [0.1, 0.15) is 5.92 Å². The van der Waals surface area contributed by atoms with E-state index in [0.29, 0.717) is 5.92 Å².